The number of likely N-dealkylation sites (N-methyl/N-ethyl adjacent to an activating group) is 2. The van der Waals surface area contributed by atoms with Crippen molar-refractivity contribution >= 4 is 32.2 Å². The number of carbonyl (C=O) groups is 2. The van der Waals surface area contributed by atoms with Gasteiger partial charge in [0.2, 0.25) is 0 Å². The summed E-state index contributed by atoms with van der Waals surface area (Å²) in [4.78, 5) is 26.6. The average molecular weight is 1130 g/mol. The topological polar surface area (TPSA) is 241 Å². The molecule has 2 aliphatic rings. The summed E-state index contributed by atoms with van der Waals surface area (Å²) in [6, 6.07) is 20.5. The normalized spacial score (nSPS) is 18.9. The molecule has 4 atom stereocenters. The number of hydrogen-bond donors (Lipinski definition) is 0. The molecule has 0 bridgehead atoms. The van der Waals surface area contributed by atoms with Crippen LogP contribution in [0.2, 0.25) is 0 Å². The molecule has 78 heavy (non-hydrogen) atoms. The van der Waals surface area contributed by atoms with E-state index in [9.17, 15) is 9.59 Å². The first-order valence-corrected chi connectivity index (χ1v) is 29.1. The van der Waals surface area contributed by atoms with E-state index in [2.05, 4.69) is 57.4 Å². The number of fused-ring (bicyclic) bond motifs is 2. The summed E-state index contributed by atoms with van der Waals surface area (Å²) in [5, 5.41) is 0. The highest BCUT2D eigenvalue weighted by molar-refractivity contribution is 7.85. The lowest BCUT2D eigenvalue weighted by Gasteiger charge is -2.46. The maximum absolute atomic E-state index is 13.3. The van der Waals surface area contributed by atoms with Crippen LogP contribution in [0, 0.1) is 5.92 Å². The lowest BCUT2D eigenvalue weighted by atomic mass is 9.86. The largest absolute Gasteiger partial charge is 0.748 e. The third-order valence-electron chi connectivity index (χ3n) is 14.5. The number of quaternary nitrogens is 2. The van der Waals surface area contributed by atoms with E-state index in [1.165, 1.54) is 22.3 Å². The van der Waals surface area contributed by atoms with E-state index in [4.69, 9.17) is 73.3 Å². The van der Waals surface area contributed by atoms with Gasteiger partial charge in [-0.3, -0.25) is 9.59 Å². The van der Waals surface area contributed by atoms with Gasteiger partial charge in [0.25, 0.3) is 0 Å². The first-order chi connectivity index (χ1) is 36.7. The van der Waals surface area contributed by atoms with Crippen molar-refractivity contribution in [1.29, 1.82) is 0 Å². The summed E-state index contributed by atoms with van der Waals surface area (Å²) in [6.07, 6.45) is 6.24. The van der Waals surface area contributed by atoms with E-state index < -0.39 is 20.2 Å². The number of benzene rings is 4. The number of esters is 2. The fraction of sp³-hybridized carbons (Fsp3) is 0.536. The van der Waals surface area contributed by atoms with Crippen molar-refractivity contribution < 1.29 is 91.9 Å². The molecule has 4 aromatic rings. The Labute approximate surface area is 461 Å². The van der Waals surface area contributed by atoms with Gasteiger partial charge in [0.1, 0.15) is 12.1 Å². The van der Waals surface area contributed by atoms with Crippen LogP contribution in [-0.2, 0) is 65.0 Å². The second kappa shape index (κ2) is 29.3. The van der Waals surface area contributed by atoms with Gasteiger partial charge in [-0.25, -0.2) is 16.8 Å². The minimum absolute atomic E-state index is 0.0347. The summed E-state index contributed by atoms with van der Waals surface area (Å²) >= 11 is 0. The molecule has 0 radical (unpaired) electrons. The molecular weight excluding hydrogens is 1050 g/mol. The van der Waals surface area contributed by atoms with E-state index >= 15 is 0 Å². The molecule has 0 amide bonds. The molecule has 0 saturated carbocycles. The highest BCUT2D eigenvalue weighted by atomic mass is 32.2. The van der Waals surface area contributed by atoms with Crippen molar-refractivity contribution in [3.05, 3.63) is 94.0 Å². The maximum atomic E-state index is 13.3. The van der Waals surface area contributed by atoms with Crippen LogP contribution >= 0.6 is 0 Å². The summed E-state index contributed by atoms with van der Waals surface area (Å²) < 4.78 is 112. The zero-order valence-corrected chi connectivity index (χ0v) is 49.1. The third kappa shape index (κ3) is 19.1. The average Bonchev–Trinajstić information content (AvgIpc) is 3.39. The Morgan fingerprint density at radius 3 is 1.12 bits per heavy atom. The van der Waals surface area contributed by atoms with Crippen molar-refractivity contribution in [2.24, 2.45) is 5.92 Å². The Morgan fingerprint density at radius 1 is 0.513 bits per heavy atom. The summed E-state index contributed by atoms with van der Waals surface area (Å²) in [7, 11) is 9.79. The second-order valence-electron chi connectivity index (χ2n) is 20.0. The number of ether oxygens (including phenoxy) is 10. The monoisotopic (exact) mass is 1130 g/mol. The van der Waals surface area contributed by atoms with Gasteiger partial charge in [0.15, 0.2) is 46.0 Å². The van der Waals surface area contributed by atoms with Crippen LogP contribution in [0.1, 0.15) is 78.1 Å². The first kappa shape index (κ1) is 64.5. The first-order valence-electron chi connectivity index (χ1n) is 25.5. The summed E-state index contributed by atoms with van der Waals surface area (Å²) in [6.45, 7) is 5.63. The molecule has 0 aromatic heterocycles. The fourth-order valence-electron chi connectivity index (χ4n) is 10.0. The van der Waals surface area contributed by atoms with Gasteiger partial charge in [-0.15, -0.1) is 0 Å². The van der Waals surface area contributed by atoms with E-state index in [1.54, 1.807) is 56.9 Å². The molecule has 2 aliphatic heterocycles. The number of rotatable bonds is 24. The summed E-state index contributed by atoms with van der Waals surface area (Å²) in [5.74, 6) is 5.24. The molecule has 0 aliphatic carbocycles. The third-order valence-corrected chi connectivity index (χ3v) is 14.5. The van der Waals surface area contributed by atoms with Gasteiger partial charge in [-0.05, 0) is 89.5 Å². The van der Waals surface area contributed by atoms with Crippen LogP contribution in [0.3, 0.4) is 0 Å². The molecule has 4 unspecified atom stereocenters. The number of methoxy groups -OCH3 is 8. The zero-order chi connectivity index (χ0) is 58.0. The maximum Gasteiger partial charge on any atom is 0.311 e. The van der Waals surface area contributed by atoms with E-state index in [-0.39, 0.29) is 42.8 Å². The molecule has 22 heteroatoms. The zero-order valence-electron chi connectivity index (χ0n) is 47.5. The number of nitrogens with zero attached hydrogens (tertiary/aromatic N) is 2. The van der Waals surface area contributed by atoms with Crippen LogP contribution < -0.4 is 37.9 Å². The minimum Gasteiger partial charge on any atom is -0.748 e. The Kier molecular flexibility index (Phi) is 24.2. The number of carbonyl (C=O) groups excluding carboxylic acids is 2. The van der Waals surface area contributed by atoms with Crippen molar-refractivity contribution in [1.82, 2.24) is 0 Å². The van der Waals surface area contributed by atoms with Crippen molar-refractivity contribution in [3.63, 3.8) is 0 Å². The molecule has 0 saturated heterocycles. The molecule has 2 heterocycles. The van der Waals surface area contributed by atoms with Gasteiger partial charge in [0, 0.05) is 49.3 Å². The highest BCUT2D eigenvalue weighted by Crippen LogP contribution is 2.45. The number of hydrogen-bond acceptors (Lipinski definition) is 18. The molecule has 20 nitrogen and oxygen atoms in total. The van der Waals surface area contributed by atoms with Gasteiger partial charge < -0.3 is 65.4 Å². The lowest BCUT2D eigenvalue weighted by Crippen LogP contribution is -2.53. The van der Waals surface area contributed by atoms with Gasteiger partial charge in [-0.2, -0.15) is 0 Å². The predicted octanol–water partition coefficient (Wildman–Crippen LogP) is 6.63. The molecule has 4 aromatic carbocycles. The van der Waals surface area contributed by atoms with E-state index in [0.29, 0.717) is 107 Å². The van der Waals surface area contributed by atoms with E-state index in [0.717, 1.165) is 49.9 Å². The highest BCUT2D eigenvalue weighted by Gasteiger charge is 2.42. The molecular formula is C56H80N2O18S2. The second-order valence-corrected chi connectivity index (χ2v) is 22.8. The summed E-state index contributed by atoms with van der Waals surface area (Å²) in [5.41, 5.74) is 7.00. The van der Waals surface area contributed by atoms with Gasteiger partial charge in [0.05, 0.1) is 143 Å². The molecule has 0 fully saturated rings. The minimum atomic E-state index is -3.92. The Hall–Kier alpha value is -6.04. The SMILES string of the molecule is COc1ccc(CC2c3cc(OC)c(OC)cc3CC[N+]2(C)CCC(=O)OCCC(C)CCOC(=O)CC[N+]2(C)CCc3cc(OC)c(OC)cc3C2Cc2ccc(OC)c(OC)c2)cc1OC.CS(=O)(=O)[O-].CS(=O)(=O)[O-]. The predicted molar refractivity (Wildman–Crippen MR) is 291 cm³/mol. The fourth-order valence-corrected chi connectivity index (χ4v) is 10.0. The molecule has 0 N–H and O–H groups in total. The lowest BCUT2D eigenvalue weighted by molar-refractivity contribution is -0.940. The van der Waals surface area contributed by atoms with E-state index in [1.807, 2.05) is 24.3 Å². The van der Waals surface area contributed by atoms with Crippen molar-refractivity contribution in [2.75, 3.05) is 123 Å². The molecule has 0 spiro atoms. The standard InChI is InChI=1S/C54H74N2O12.2CH4O3S/c1-36(20-26-67-53(57)18-24-55(2)22-16-39-32-49(63-8)51(65-10)34-41(39)43(55)28-37-12-14-45(59-4)47(30-37)61-6)21-27-68-54(58)19-25-56(3)23-17-40-33-50(64-9)52(66-11)35-42(40)44(56)29-38-13-15-46(60-5)48(31-38)62-7;2*1-5(2,3)4/h12-15,30-36,43-44H,16-29H2,1-11H3;2*1H3,(H,2,3,4)/q+2;;/p-2. The quantitative estimate of drug-likeness (QED) is 0.0406. The Morgan fingerprint density at radius 2 is 0.808 bits per heavy atom. The molecule has 6 rings (SSSR count). The van der Waals surface area contributed by atoms with Crippen molar-refractivity contribution in [3.8, 4) is 46.0 Å². The van der Waals surface area contributed by atoms with Crippen LogP contribution in [-0.4, -0.2) is 170 Å². The Bertz CT molecular complexity index is 2660. The van der Waals surface area contributed by atoms with Crippen LogP contribution in [0.4, 0.5) is 0 Å². The van der Waals surface area contributed by atoms with Crippen molar-refractivity contribution in [2.45, 2.75) is 70.4 Å². The molecule has 434 valence electrons. The van der Waals surface area contributed by atoms with Crippen LogP contribution in [0.5, 0.6) is 46.0 Å². The van der Waals surface area contributed by atoms with Crippen LogP contribution in [0.15, 0.2) is 60.7 Å². The Balaban J connectivity index is 0.00000120. The van der Waals surface area contributed by atoms with Crippen LogP contribution in [0.25, 0.3) is 0 Å². The smallest absolute Gasteiger partial charge is 0.311 e. The van der Waals surface area contributed by atoms with Gasteiger partial charge in [-0.1, -0.05) is 19.1 Å². The van der Waals surface area contributed by atoms with Gasteiger partial charge >= 0.3 is 11.9 Å².